The topological polar surface area (TPSA) is 26.8 Å². The smallest absolute Gasteiger partial charge is 0.319 e. The Morgan fingerprint density at radius 3 is 2.40 bits per heavy atom. The molecule has 0 spiro atoms. The van der Waals surface area contributed by atoms with Crippen molar-refractivity contribution in [3.05, 3.63) is 0 Å². The van der Waals surface area contributed by atoms with Crippen molar-refractivity contribution in [1.29, 1.82) is 0 Å². The highest BCUT2D eigenvalue weighted by Gasteiger charge is 2.29. The molecule has 1 unspecified atom stereocenters. The molecule has 0 bridgehead atoms. The second kappa shape index (κ2) is 4.84. The van der Waals surface area contributed by atoms with Crippen LogP contribution in [0.15, 0.2) is 0 Å². The Labute approximate surface area is 92.8 Å². The van der Waals surface area contributed by atoms with E-state index >= 15 is 0 Å². The molecule has 1 fully saturated rings. The average molecular weight is 213 g/mol. The molecule has 0 aromatic heterocycles. The Bertz CT molecular complexity index is 228. The minimum Gasteiger partial charge on any atom is -0.331 e. The Morgan fingerprint density at radius 2 is 1.93 bits per heavy atom. The molecule has 0 aromatic rings. The Balaban J connectivity index is 2.61. The predicted molar refractivity (Wildman–Crippen MR) is 61.9 cm³/mol. The van der Waals surface area contributed by atoms with E-state index in [1.807, 2.05) is 19.0 Å². The molecular formula is C11H23N3O. The number of carbonyl (C=O) groups excluding carboxylic acids is 1. The maximum absolute atomic E-state index is 11.8. The van der Waals surface area contributed by atoms with E-state index in [0.29, 0.717) is 12.0 Å². The van der Waals surface area contributed by atoms with Crippen LogP contribution in [0.5, 0.6) is 0 Å². The van der Waals surface area contributed by atoms with E-state index in [-0.39, 0.29) is 6.03 Å². The molecule has 15 heavy (non-hydrogen) atoms. The molecule has 1 atom stereocenters. The van der Waals surface area contributed by atoms with Gasteiger partial charge < -0.3 is 9.80 Å². The minimum absolute atomic E-state index is 0.133. The molecule has 4 nitrogen and oxygen atoms in total. The summed E-state index contributed by atoms with van der Waals surface area (Å²) in [6.07, 6.45) is 0. The SMILES string of the molecule is CC(C)C1CN(C(=O)N(C)C)CCN1C. The number of nitrogens with zero attached hydrogens (tertiary/aromatic N) is 3. The molecule has 4 heteroatoms. The minimum atomic E-state index is 0.133. The lowest BCUT2D eigenvalue weighted by atomic mass is 10.0. The molecule has 1 aliphatic rings. The second-order valence-electron chi connectivity index (χ2n) is 4.91. The summed E-state index contributed by atoms with van der Waals surface area (Å²) in [5, 5.41) is 0. The van der Waals surface area contributed by atoms with Gasteiger partial charge in [0, 0.05) is 39.8 Å². The maximum atomic E-state index is 11.8. The number of hydrogen-bond donors (Lipinski definition) is 0. The first kappa shape index (κ1) is 12.3. The molecular weight excluding hydrogens is 190 g/mol. The molecule has 2 amide bonds. The zero-order chi connectivity index (χ0) is 11.6. The molecule has 0 aromatic carbocycles. The van der Waals surface area contributed by atoms with Crippen molar-refractivity contribution < 1.29 is 4.79 Å². The summed E-state index contributed by atoms with van der Waals surface area (Å²) in [5.74, 6) is 0.591. The Morgan fingerprint density at radius 1 is 1.33 bits per heavy atom. The Kier molecular flexibility index (Phi) is 3.97. The lowest BCUT2D eigenvalue weighted by Gasteiger charge is -2.42. The summed E-state index contributed by atoms with van der Waals surface area (Å²) in [5.41, 5.74) is 0. The standard InChI is InChI=1S/C11H23N3O/c1-9(2)10-8-14(7-6-13(10)5)11(15)12(3)4/h9-10H,6-8H2,1-5H3. The van der Waals surface area contributed by atoms with E-state index in [4.69, 9.17) is 0 Å². The molecule has 88 valence electrons. The normalized spacial score (nSPS) is 23.3. The molecule has 1 aliphatic heterocycles. The number of carbonyl (C=O) groups is 1. The molecule has 0 radical (unpaired) electrons. The monoisotopic (exact) mass is 213 g/mol. The predicted octanol–water partition coefficient (Wildman–Crippen LogP) is 0.940. The van der Waals surface area contributed by atoms with E-state index in [9.17, 15) is 4.79 Å². The highest BCUT2D eigenvalue weighted by Crippen LogP contribution is 2.15. The van der Waals surface area contributed by atoms with Crippen LogP contribution in [0.4, 0.5) is 4.79 Å². The van der Waals surface area contributed by atoms with Crippen molar-refractivity contribution in [3.63, 3.8) is 0 Å². The van der Waals surface area contributed by atoms with Gasteiger partial charge in [0.05, 0.1) is 0 Å². The van der Waals surface area contributed by atoms with Crippen molar-refractivity contribution in [2.75, 3.05) is 40.8 Å². The van der Waals surface area contributed by atoms with Gasteiger partial charge in [-0.2, -0.15) is 0 Å². The number of likely N-dealkylation sites (N-methyl/N-ethyl adjacent to an activating group) is 1. The van der Waals surface area contributed by atoms with Gasteiger partial charge in [0.2, 0.25) is 0 Å². The molecule has 0 aliphatic carbocycles. The first-order valence-electron chi connectivity index (χ1n) is 5.60. The van der Waals surface area contributed by atoms with E-state index in [2.05, 4.69) is 25.8 Å². The van der Waals surface area contributed by atoms with Crippen molar-refractivity contribution in [2.45, 2.75) is 19.9 Å². The Hall–Kier alpha value is -0.770. The third kappa shape index (κ3) is 2.84. The largest absolute Gasteiger partial charge is 0.331 e. The van der Waals surface area contributed by atoms with Gasteiger partial charge in [-0.05, 0) is 13.0 Å². The summed E-state index contributed by atoms with van der Waals surface area (Å²) in [6, 6.07) is 0.622. The van der Waals surface area contributed by atoms with Crippen LogP contribution >= 0.6 is 0 Å². The number of piperazine rings is 1. The maximum Gasteiger partial charge on any atom is 0.319 e. The summed E-state index contributed by atoms with van der Waals surface area (Å²) in [4.78, 5) is 17.8. The van der Waals surface area contributed by atoms with Gasteiger partial charge in [-0.25, -0.2) is 4.79 Å². The molecule has 0 saturated carbocycles. The van der Waals surface area contributed by atoms with Crippen LogP contribution in [-0.2, 0) is 0 Å². The first-order valence-corrected chi connectivity index (χ1v) is 5.60. The van der Waals surface area contributed by atoms with Gasteiger partial charge in [-0.3, -0.25) is 4.90 Å². The average Bonchev–Trinajstić information content (AvgIpc) is 2.16. The fourth-order valence-electron chi connectivity index (χ4n) is 2.08. The van der Waals surface area contributed by atoms with Crippen LogP contribution in [-0.4, -0.2) is 67.5 Å². The van der Waals surface area contributed by atoms with Crippen molar-refractivity contribution in [3.8, 4) is 0 Å². The lowest BCUT2D eigenvalue weighted by Crippen LogP contribution is -2.56. The quantitative estimate of drug-likeness (QED) is 0.648. The van der Waals surface area contributed by atoms with E-state index in [0.717, 1.165) is 19.6 Å². The van der Waals surface area contributed by atoms with Gasteiger partial charge in [0.1, 0.15) is 0 Å². The van der Waals surface area contributed by atoms with E-state index in [1.165, 1.54) is 0 Å². The fraction of sp³-hybridized carbons (Fsp3) is 0.909. The van der Waals surface area contributed by atoms with Gasteiger partial charge in [0.15, 0.2) is 0 Å². The number of urea groups is 1. The van der Waals surface area contributed by atoms with Crippen LogP contribution in [0.3, 0.4) is 0 Å². The summed E-state index contributed by atoms with van der Waals surface area (Å²) < 4.78 is 0. The first-order chi connectivity index (χ1) is 6.93. The molecule has 1 heterocycles. The molecule has 1 saturated heterocycles. The number of rotatable bonds is 1. The zero-order valence-electron chi connectivity index (χ0n) is 10.5. The zero-order valence-corrected chi connectivity index (χ0v) is 10.5. The summed E-state index contributed by atoms with van der Waals surface area (Å²) in [7, 11) is 5.76. The summed E-state index contributed by atoms with van der Waals surface area (Å²) >= 11 is 0. The fourth-order valence-corrected chi connectivity index (χ4v) is 2.08. The molecule has 0 N–H and O–H groups in total. The second-order valence-corrected chi connectivity index (χ2v) is 4.91. The highest BCUT2D eigenvalue weighted by molar-refractivity contribution is 5.74. The third-order valence-corrected chi connectivity index (χ3v) is 3.12. The van der Waals surface area contributed by atoms with Crippen LogP contribution in [0, 0.1) is 5.92 Å². The summed E-state index contributed by atoms with van der Waals surface area (Å²) in [6.45, 7) is 7.10. The highest BCUT2D eigenvalue weighted by atomic mass is 16.2. The number of amides is 2. The van der Waals surface area contributed by atoms with Crippen molar-refractivity contribution in [2.24, 2.45) is 5.92 Å². The van der Waals surface area contributed by atoms with Crippen molar-refractivity contribution in [1.82, 2.24) is 14.7 Å². The van der Waals surface area contributed by atoms with Crippen LogP contribution in [0.1, 0.15) is 13.8 Å². The molecule has 1 rings (SSSR count). The van der Waals surface area contributed by atoms with E-state index < -0.39 is 0 Å². The van der Waals surface area contributed by atoms with Gasteiger partial charge >= 0.3 is 6.03 Å². The van der Waals surface area contributed by atoms with Crippen molar-refractivity contribution >= 4 is 6.03 Å². The van der Waals surface area contributed by atoms with Gasteiger partial charge in [0.25, 0.3) is 0 Å². The third-order valence-electron chi connectivity index (χ3n) is 3.12. The number of hydrogen-bond acceptors (Lipinski definition) is 2. The van der Waals surface area contributed by atoms with Crippen LogP contribution < -0.4 is 0 Å². The van der Waals surface area contributed by atoms with Crippen LogP contribution in [0.2, 0.25) is 0 Å². The lowest BCUT2D eigenvalue weighted by molar-refractivity contribution is 0.0765. The van der Waals surface area contributed by atoms with Gasteiger partial charge in [-0.1, -0.05) is 13.8 Å². The van der Waals surface area contributed by atoms with E-state index in [1.54, 1.807) is 4.90 Å². The van der Waals surface area contributed by atoms with Gasteiger partial charge in [-0.15, -0.1) is 0 Å². The van der Waals surface area contributed by atoms with Crippen LogP contribution in [0.25, 0.3) is 0 Å².